The average Bonchev–Trinajstić information content (AvgIpc) is 2.80. The molecular formula is C23H24ClN3O4. The third-order valence-corrected chi connectivity index (χ3v) is 5.92. The minimum Gasteiger partial charge on any atom is -0.482 e. The van der Waals surface area contributed by atoms with Gasteiger partial charge in [0, 0.05) is 30.6 Å². The second-order valence-corrected chi connectivity index (χ2v) is 8.18. The quantitative estimate of drug-likeness (QED) is 0.773. The highest BCUT2D eigenvalue weighted by Crippen LogP contribution is 2.34. The maximum Gasteiger partial charge on any atom is 0.265 e. The van der Waals surface area contributed by atoms with Crippen LogP contribution in [0.3, 0.4) is 0 Å². The molecular weight excluding hydrogens is 418 g/mol. The lowest BCUT2D eigenvalue weighted by molar-refractivity contribution is -0.135. The molecule has 0 aliphatic carbocycles. The second kappa shape index (κ2) is 9.39. The van der Waals surface area contributed by atoms with Crippen molar-refractivity contribution < 1.29 is 19.1 Å². The Labute approximate surface area is 185 Å². The molecule has 0 unspecified atom stereocenters. The lowest BCUT2D eigenvalue weighted by Crippen LogP contribution is -2.49. The standard InChI is InChI=1S/C23H24ClN3O4/c24-18-6-7-20-19(12-18)27(22(29)15-31-20)14-21(28)26-10-8-17(9-11-26)23(30)25-13-16-4-2-1-3-5-16/h1-7,12,17H,8-11,13-15H2,(H,25,30). The van der Waals surface area contributed by atoms with Crippen molar-refractivity contribution in [2.45, 2.75) is 19.4 Å². The predicted molar refractivity (Wildman–Crippen MR) is 117 cm³/mol. The van der Waals surface area contributed by atoms with E-state index in [1.807, 2.05) is 30.3 Å². The minimum absolute atomic E-state index is 0.0166. The third kappa shape index (κ3) is 4.99. The molecule has 8 heteroatoms. The SMILES string of the molecule is O=C(NCc1ccccc1)C1CCN(C(=O)CN2C(=O)COc3ccc(Cl)cc32)CC1. The Hall–Kier alpha value is -3.06. The number of nitrogens with one attached hydrogen (secondary N) is 1. The van der Waals surface area contributed by atoms with Crippen molar-refractivity contribution in [2.24, 2.45) is 5.92 Å². The number of amides is 3. The van der Waals surface area contributed by atoms with E-state index in [4.69, 9.17) is 16.3 Å². The molecule has 2 heterocycles. The van der Waals surface area contributed by atoms with Crippen LogP contribution in [-0.2, 0) is 20.9 Å². The molecule has 3 amide bonds. The Bertz CT molecular complexity index is 974. The van der Waals surface area contributed by atoms with Crippen LogP contribution in [-0.4, -0.2) is 48.9 Å². The molecule has 0 bridgehead atoms. The van der Waals surface area contributed by atoms with Crippen LogP contribution >= 0.6 is 11.6 Å². The van der Waals surface area contributed by atoms with Crippen molar-refractivity contribution in [1.29, 1.82) is 0 Å². The molecule has 2 aromatic rings. The minimum atomic E-state index is -0.279. The van der Waals surface area contributed by atoms with E-state index in [1.54, 1.807) is 23.1 Å². The van der Waals surface area contributed by atoms with Crippen LogP contribution in [0, 0.1) is 5.92 Å². The van der Waals surface area contributed by atoms with Crippen LogP contribution in [0.5, 0.6) is 5.75 Å². The number of carbonyl (C=O) groups is 3. The molecule has 7 nitrogen and oxygen atoms in total. The number of hydrogen-bond acceptors (Lipinski definition) is 4. The molecule has 2 aliphatic rings. The largest absolute Gasteiger partial charge is 0.482 e. The van der Waals surface area contributed by atoms with Gasteiger partial charge >= 0.3 is 0 Å². The summed E-state index contributed by atoms with van der Waals surface area (Å²) >= 11 is 6.06. The van der Waals surface area contributed by atoms with E-state index in [1.165, 1.54) is 4.90 Å². The van der Waals surface area contributed by atoms with E-state index in [-0.39, 0.29) is 36.8 Å². The number of hydrogen-bond donors (Lipinski definition) is 1. The van der Waals surface area contributed by atoms with Gasteiger partial charge in [-0.05, 0) is 36.6 Å². The summed E-state index contributed by atoms with van der Waals surface area (Å²) in [5.41, 5.74) is 1.56. The van der Waals surface area contributed by atoms with Crippen molar-refractivity contribution in [1.82, 2.24) is 10.2 Å². The number of anilines is 1. The van der Waals surface area contributed by atoms with Gasteiger partial charge < -0.3 is 15.0 Å². The van der Waals surface area contributed by atoms with Crippen molar-refractivity contribution >= 4 is 35.0 Å². The molecule has 162 valence electrons. The second-order valence-electron chi connectivity index (χ2n) is 7.74. The van der Waals surface area contributed by atoms with Gasteiger partial charge in [0.1, 0.15) is 12.3 Å². The van der Waals surface area contributed by atoms with Gasteiger partial charge in [-0.25, -0.2) is 0 Å². The Morgan fingerprint density at radius 3 is 2.58 bits per heavy atom. The van der Waals surface area contributed by atoms with Crippen LogP contribution in [0.15, 0.2) is 48.5 Å². The molecule has 2 aliphatic heterocycles. The van der Waals surface area contributed by atoms with E-state index in [0.717, 1.165) is 5.56 Å². The van der Waals surface area contributed by atoms with Gasteiger partial charge in [0.2, 0.25) is 11.8 Å². The van der Waals surface area contributed by atoms with E-state index >= 15 is 0 Å². The van der Waals surface area contributed by atoms with Gasteiger partial charge in [-0.1, -0.05) is 41.9 Å². The topological polar surface area (TPSA) is 79.0 Å². The lowest BCUT2D eigenvalue weighted by atomic mass is 9.95. The van der Waals surface area contributed by atoms with Gasteiger partial charge in [-0.15, -0.1) is 0 Å². The molecule has 0 spiro atoms. The van der Waals surface area contributed by atoms with E-state index in [9.17, 15) is 14.4 Å². The Morgan fingerprint density at radius 1 is 1.10 bits per heavy atom. The number of fused-ring (bicyclic) bond motifs is 1. The van der Waals surface area contributed by atoms with Gasteiger partial charge in [0.15, 0.2) is 6.61 Å². The molecule has 0 saturated carbocycles. The number of rotatable bonds is 5. The van der Waals surface area contributed by atoms with Gasteiger partial charge in [-0.3, -0.25) is 19.3 Å². The van der Waals surface area contributed by atoms with Crippen LogP contribution < -0.4 is 15.0 Å². The fourth-order valence-electron chi connectivity index (χ4n) is 3.90. The third-order valence-electron chi connectivity index (χ3n) is 5.69. The molecule has 1 saturated heterocycles. The zero-order valence-corrected chi connectivity index (χ0v) is 17.8. The van der Waals surface area contributed by atoms with Gasteiger partial charge in [0.05, 0.1) is 5.69 Å². The zero-order chi connectivity index (χ0) is 21.8. The number of halogens is 1. The number of benzene rings is 2. The molecule has 1 N–H and O–H groups in total. The van der Waals surface area contributed by atoms with E-state index in [2.05, 4.69) is 5.32 Å². The van der Waals surface area contributed by atoms with E-state index < -0.39 is 0 Å². The molecule has 1 fully saturated rings. The summed E-state index contributed by atoms with van der Waals surface area (Å²) < 4.78 is 5.42. The number of nitrogens with zero attached hydrogens (tertiary/aromatic N) is 2. The summed E-state index contributed by atoms with van der Waals surface area (Å²) in [4.78, 5) is 40.8. The highest BCUT2D eigenvalue weighted by Gasteiger charge is 2.32. The van der Waals surface area contributed by atoms with Crippen molar-refractivity contribution in [3.8, 4) is 5.75 Å². The Morgan fingerprint density at radius 2 is 1.84 bits per heavy atom. The van der Waals surface area contributed by atoms with Crippen molar-refractivity contribution in [3.63, 3.8) is 0 Å². The smallest absolute Gasteiger partial charge is 0.265 e. The summed E-state index contributed by atoms with van der Waals surface area (Å²) in [5.74, 6) is 0.00778. The first-order valence-electron chi connectivity index (χ1n) is 10.3. The predicted octanol–water partition coefficient (Wildman–Crippen LogP) is 2.62. The monoisotopic (exact) mass is 441 g/mol. The summed E-state index contributed by atoms with van der Waals surface area (Å²) in [7, 11) is 0. The maximum atomic E-state index is 12.9. The molecule has 0 aromatic heterocycles. The number of likely N-dealkylation sites (tertiary alicyclic amines) is 1. The first kappa shape index (κ1) is 21.2. The van der Waals surface area contributed by atoms with Crippen LogP contribution in [0.2, 0.25) is 5.02 Å². The lowest BCUT2D eigenvalue weighted by Gasteiger charge is -2.34. The number of ether oxygens (including phenoxy) is 1. The van der Waals surface area contributed by atoms with Gasteiger partial charge in [-0.2, -0.15) is 0 Å². The summed E-state index contributed by atoms with van der Waals surface area (Å²) in [6.45, 7) is 1.30. The zero-order valence-electron chi connectivity index (χ0n) is 17.1. The normalized spacial score (nSPS) is 16.5. The van der Waals surface area contributed by atoms with E-state index in [0.29, 0.717) is 48.9 Å². The molecule has 2 aromatic carbocycles. The molecule has 0 atom stereocenters. The average molecular weight is 442 g/mol. The Kier molecular flexibility index (Phi) is 6.42. The first-order valence-corrected chi connectivity index (χ1v) is 10.7. The first-order chi connectivity index (χ1) is 15.0. The Balaban J connectivity index is 1.30. The maximum absolute atomic E-state index is 12.9. The van der Waals surface area contributed by atoms with Gasteiger partial charge in [0.25, 0.3) is 5.91 Å². The highest BCUT2D eigenvalue weighted by atomic mass is 35.5. The van der Waals surface area contributed by atoms with Crippen LogP contribution in [0.4, 0.5) is 5.69 Å². The van der Waals surface area contributed by atoms with Crippen LogP contribution in [0.1, 0.15) is 18.4 Å². The number of piperidine rings is 1. The fraction of sp³-hybridized carbons (Fsp3) is 0.348. The summed E-state index contributed by atoms with van der Waals surface area (Å²) in [6.07, 6.45) is 1.21. The van der Waals surface area contributed by atoms with Crippen LogP contribution in [0.25, 0.3) is 0 Å². The molecule has 31 heavy (non-hydrogen) atoms. The molecule has 4 rings (SSSR count). The van der Waals surface area contributed by atoms with Crippen molar-refractivity contribution in [2.75, 3.05) is 31.1 Å². The molecule has 0 radical (unpaired) electrons. The summed E-state index contributed by atoms with van der Waals surface area (Å²) in [6, 6.07) is 14.8. The fourth-order valence-corrected chi connectivity index (χ4v) is 4.07. The number of carbonyl (C=O) groups excluding carboxylic acids is 3. The van der Waals surface area contributed by atoms with Crippen molar-refractivity contribution in [3.05, 3.63) is 59.1 Å². The highest BCUT2D eigenvalue weighted by molar-refractivity contribution is 6.31. The summed E-state index contributed by atoms with van der Waals surface area (Å²) in [5, 5.41) is 3.45.